The molecule has 0 amide bonds. The van der Waals surface area contributed by atoms with Crippen molar-refractivity contribution in [3.63, 3.8) is 0 Å². The Bertz CT molecular complexity index is 1280. The molecule has 3 heterocycles. The van der Waals surface area contributed by atoms with Crippen LogP contribution in [0, 0.1) is 5.82 Å². The third-order valence-corrected chi connectivity index (χ3v) is 7.95. The van der Waals surface area contributed by atoms with E-state index in [-0.39, 0.29) is 10.7 Å². The van der Waals surface area contributed by atoms with Gasteiger partial charge in [-0.1, -0.05) is 6.08 Å². The molecule has 2 aliphatic rings. The predicted octanol–water partition coefficient (Wildman–Crippen LogP) is 3.57. The number of rotatable bonds is 4. The Balaban J connectivity index is 1.56. The molecule has 0 bridgehead atoms. The van der Waals surface area contributed by atoms with Gasteiger partial charge in [0.15, 0.2) is 0 Å². The number of nitrogens with zero attached hydrogens (tertiary/aromatic N) is 3. The molecule has 2 aliphatic heterocycles. The van der Waals surface area contributed by atoms with Gasteiger partial charge in [0.2, 0.25) is 0 Å². The monoisotopic (exact) mass is 455 g/mol. The maximum Gasteiger partial charge on any atom is 0.268 e. The van der Waals surface area contributed by atoms with E-state index in [0.29, 0.717) is 24.1 Å². The number of hydrogen-bond acceptors (Lipinski definition) is 5. The number of benzene rings is 2. The Morgan fingerprint density at radius 2 is 1.75 bits per heavy atom. The van der Waals surface area contributed by atoms with E-state index >= 15 is 0 Å². The smallest absolute Gasteiger partial charge is 0.268 e. The number of likely N-dealkylation sites (N-methyl/N-ethyl adjacent to an activating group) is 1. The fourth-order valence-electron chi connectivity index (χ4n) is 4.41. The lowest BCUT2D eigenvalue weighted by molar-refractivity contribution is 0.122. The van der Waals surface area contributed by atoms with Crippen molar-refractivity contribution in [2.45, 2.75) is 11.3 Å². The van der Waals surface area contributed by atoms with Gasteiger partial charge < -0.3 is 14.5 Å². The average Bonchev–Trinajstić information content (AvgIpc) is 3.20. The second-order valence-electron chi connectivity index (χ2n) is 8.34. The Hall–Kier alpha value is -2.68. The van der Waals surface area contributed by atoms with Gasteiger partial charge in [-0.05, 0) is 61.5 Å². The van der Waals surface area contributed by atoms with Crippen LogP contribution in [-0.4, -0.2) is 63.7 Å². The molecule has 0 N–H and O–H groups in total. The number of hydrogen-bond donors (Lipinski definition) is 0. The molecule has 1 fully saturated rings. The molecule has 0 spiro atoms. The second kappa shape index (κ2) is 8.35. The zero-order valence-corrected chi connectivity index (χ0v) is 18.8. The summed E-state index contributed by atoms with van der Waals surface area (Å²) in [6.07, 6.45) is 4.53. The fraction of sp³-hybridized carbons (Fsp3) is 0.333. The first-order valence-corrected chi connectivity index (χ1v) is 12.2. The highest BCUT2D eigenvalue weighted by atomic mass is 32.2. The lowest BCUT2D eigenvalue weighted by Gasteiger charge is -2.28. The normalized spacial score (nSPS) is 18.2. The van der Waals surface area contributed by atoms with Crippen molar-refractivity contribution in [3.05, 3.63) is 66.1 Å². The Morgan fingerprint density at radius 1 is 1.00 bits per heavy atom. The van der Waals surface area contributed by atoms with Crippen LogP contribution < -0.4 is 4.90 Å². The molecule has 0 saturated carbocycles. The van der Waals surface area contributed by atoms with Crippen LogP contribution in [0.4, 0.5) is 10.1 Å². The number of anilines is 1. The molecule has 32 heavy (non-hydrogen) atoms. The second-order valence-corrected chi connectivity index (χ2v) is 10.2. The summed E-state index contributed by atoms with van der Waals surface area (Å²) < 4.78 is 47.9. The van der Waals surface area contributed by atoms with Gasteiger partial charge in [-0.2, -0.15) is 0 Å². The molecule has 0 unspecified atom stereocenters. The van der Waals surface area contributed by atoms with E-state index in [0.717, 1.165) is 49.4 Å². The summed E-state index contributed by atoms with van der Waals surface area (Å²) in [7, 11) is -1.80. The summed E-state index contributed by atoms with van der Waals surface area (Å²) in [5.74, 6) is -0.378. The van der Waals surface area contributed by atoms with Gasteiger partial charge in [-0.15, -0.1) is 0 Å². The maximum atomic E-state index is 14.1. The van der Waals surface area contributed by atoms with E-state index in [4.69, 9.17) is 4.74 Å². The Kier molecular flexibility index (Phi) is 5.53. The highest BCUT2D eigenvalue weighted by molar-refractivity contribution is 7.90. The summed E-state index contributed by atoms with van der Waals surface area (Å²) in [4.78, 5) is 4.58. The number of halogens is 1. The van der Waals surface area contributed by atoms with E-state index in [1.54, 1.807) is 24.4 Å². The van der Waals surface area contributed by atoms with Crippen LogP contribution >= 0.6 is 0 Å². The average molecular weight is 456 g/mol. The van der Waals surface area contributed by atoms with Crippen LogP contribution in [-0.2, 0) is 14.8 Å². The third kappa shape index (κ3) is 3.83. The number of morpholine rings is 1. The zero-order valence-electron chi connectivity index (χ0n) is 18.0. The lowest BCUT2D eigenvalue weighted by Crippen LogP contribution is -2.36. The van der Waals surface area contributed by atoms with Crippen LogP contribution in [0.25, 0.3) is 16.5 Å². The summed E-state index contributed by atoms with van der Waals surface area (Å²) in [5, 5.41) is 0.620. The maximum absolute atomic E-state index is 14.1. The summed E-state index contributed by atoms with van der Waals surface area (Å²) in [6, 6.07) is 11.2. The molecule has 3 aromatic rings. The quantitative estimate of drug-likeness (QED) is 0.602. The topological polar surface area (TPSA) is 54.8 Å². The number of fused-ring (bicyclic) bond motifs is 1. The molecule has 0 radical (unpaired) electrons. The molecular weight excluding hydrogens is 429 g/mol. The molecule has 2 aromatic carbocycles. The first kappa shape index (κ1) is 21.2. The molecule has 1 saturated heterocycles. The van der Waals surface area contributed by atoms with Crippen LogP contribution in [0.1, 0.15) is 12.0 Å². The van der Waals surface area contributed by atoms with E-state index in [1.807, 2.05) is 19.2 Å². The molecule has 6 nitrogen and oxygen atoms in total. The first-order chi connectivity index (χ1) is 15.4. The van der Waals surface area contributed by atoms with E-state index < -0.39 is 10.0 Å². The Labute approximate surface area is 187 Å². The first-order valence-electron chi connectivity index (χ1n) is 10.8. The van der Waals surface area contributed by atoms with Crippen molar-refractivity contribution in [1.29, 1.82) is 0 Å². The predicted molar refractivity (Wildman–Crippen MR) is 124 cm³/mol. The van der Waals surface area contributed by atoms with Crippen molar-refractivity contribution < 1.29 is 17.5 Å². The van der Waals surface area contributed by atoms with E-state index in [1.165, 1.54) is 16.1 Å². The van der Waals surface area contributed by atoms with Gasteiger partial charge in [0, 0.05) is 49.0 Å². The minimum Gasteiger partial charge on any atom is -0.378 e. The van der Waals surface area contributed by atoms with Crippen molar-refractivity contribution in [2.24, 2.45) is 0 Å². The summed E-state index contributed by atoms with van der Waals surface area (Å²) >= 11 is 0. The molecule has 5 rings (SSSR count). The minimum atomic E-state index is -3.84. The third-order valence-electron chi connectivity index (χ3n) is 6.26. The zero-order chi connectivity index (χ0) is 22.3. The van der Waals surface area contributed by atoms with Crippen LogP contribution in [0.15, 0.2) is 59.6 Å². The fourth-order valence-corrected chi connectivity index (χ4v) is 5.78. The summed E-state index contributed by atoms with van der Waals surface area (Å²) in [6.45, 7) is 4.57. The van der Waals surface area contributed by atoms with Gasteiger partial charge in [-0.3, -0.25) is 0 Å². The Morgan fingerprint density at radius 3 is 2.44 bits per heavy atom. The van der Waals surface area contributed by atoms with Gasteiger partial charge in [0.25, 0.3) is 10.0 Å². The molecule has 8 heteroatoms. The molecule has 168 valence electrons. The highest BCUT2D eigenvalue weighted by Crippen LogP contribution is 2.34. The lowest BCUT2D eigenvalue weighted by atomic mass is 9.99. The SMILES string of the molecule is CN1CC=C(c2cn(S(=O)(=O)c3ccc(N4CCOCC4)cc3)c3ccc(F)cc23)CC1. The van der Waals surface area contributed by atoms with Crippen molar-refractivity contribution in [1.82, 2.24) is 8.87 Å². The number of ether oxygens (including phenoxy) is 1. The van der Waals surface area contributed by atoms with Crippen molar-refractivity contribution >= 4 is 32.2 Å². The standard InChI is InChI=1S/C24H26FN3O3S/c1-26-10-8-18(9-11-26)23-17-28(24-7-2-19(25)16-22(23)24)32(29,30)21-5-3-20(4-6-21)27-12-14-31-15-13-27/h2-8,16-17H,9-15H2,1H3. The van der Waals surface area contributed by atoms with Gasteiger partial charge in [0.1, 0.15) is 5.82 Å². The van der Waals surface area contributed by atoms with Gasteiger partial charge in [0.05, 0.1) is 23.6 Å². The largest absolute Gasteiger partial charge is 0.378 e. The van der Waals surface area contributed by atoms with Crippen LogP contribution in [0.2, 0.25) is 0 Å². The van der Waals surface area contributed by atoms with Gasteiger partial charge >= 0.3 is 0 Å². The van der Waals surface area contributed by atoms with Crippen LogP contribution in [0.3, 0.4) is 0 Å². The summed E-state index contributed by atoms with van der Waals surface area (Å²) in [5.41, 5.74) is 3.29. The van der Waals surface area contributed by atoms with E-state index in [9.17, 15) is 12.8 Å². The minimum absolute atomic E-state index is 0.208. The molecule has 0 aliphatic carbocycles. The van der Waals surface area contributed by atoms with E-state index in [2.05, 4.69) is 15.9 Å². The molecule has 1 aromatic heterocycles. The van der Waals surface area contributed by atoms with Crippen molar-refractivity contribution in [2.75, 3.05) is 51.3 Å². The molecular formula is C24H26FN3O3S. The van der Waals surface area contributed by atoms with Gasteiger partial charge in [-0.25, -0.2) is 16.8 Å². The molecule has 0 atom stereocenters. The van der Waals surface area contributed by atoms with Crippen LogP contribution in [0.5, 0.6) is 0 Å². The number of aromatic nitrogens is 1. The van der Waals surface area contributed by atoms with Crippen molar-refractivity contribution in [3.8, 4) is 0 Å². The highest BCUT2D eigenvalue weighted by Gasteiger charge is 2.24.